The number of aromatic nitrogens is 1. The topological polar surface area (TPSA) is 76.1 Å². The first-order valence-corrected chi connectivity index (χ1v) is 12.7. The van der Waals surface area contributed by atoms with Gasteiger partial charge in [0.1, 0.15) is 11.9 Å². The third-order valence-electron chi connectivity index (χ3n) is 7.90. The fourth-order valence-electron chi connectivity index (χ4n) is 5.78. The minimum Gasteiger partial charge on any atom is -0.379 e. The zero-order valence-electron chi connectivity index (χ0n) is 20.1. The number of hydrogen-bond acceptors (Lipinski definition) is 6. The predicted molar refractivity (Wildman–Crippen MR) is 142 cm³/mol. The summed E-state index contributed by atoms with van der Waals surface area (Å²) in [5.41, 5.74) is 6.04. The molecule has 36 heavy (non-hydrogen) atoms. The molecule has 7 nitrogen and oxygen atoms in total. The lowest BCUT2D eigenvalue weighted by atomic mass is 9.76. The number of quaternary nitrogens is 1. The van der Waals surface area contributed by atoms with Gasteiger partial charge in [0.25, 0.3) is 5.84 Å². The van der Waals surface area contributed by atoms with Crippen LogP contribution in [0.3, 0.4) is 0 Å². The van der Waals surface area contributed by atoms with E-state index in [1.807, 2.05) is 30.6 Å². The number of benzene rings is 2. The Kier molecular flexibility index (Phi) is 5.18. The van der Waals surface area contributed by atoms with Crippen molar-refractivity contribution in [3.63, 3.8) is 0 Å². The van der Waals surface area contributed by atoms with Gasteiger partial charge in [0.05, 0.1) is 42.4 Å². The second-order valence-corrected chi connectivity index (χ2v) is 10.00. The lowest BCUT2D eigenvalue weighted by Gasteiger charge is -2.44. The number of nitrogens with zero attached hydrogens (tertiary/aromatic N) is 5. The molecule has 0 spiro atoms. The van der Waals surface area contributed by atoms with Crippen molar-refractivity contribution in [3.8, 4) is 11.3 Å². The van der Waals surface area contributed by atoms with E-state index in [1.165, 1.54) is 0 Å². The van der Waals surface area contributed by atoms with E-state index in [2.05, 4.69) is 52.4 Å². The number of morpholine rings is 1. The number of nitrogens with two attached hydrogens (primary N) is 1. The molecule has 2 aromatic carbocycles. The number of aliphatic imine (C=N–C) groups is 2. The van der Waals surface area contributed by atoms with Gasteiger partial charge < -0.3 is 4.74 Å². The molecular weight excluding hydrogens is 448 g/mol. The van der Waals surface area contributed by atoms with E-state index in [0.717, 1.165) is 84.1 Å². The molecule has 1 atom stereocenters. The van der Waals surface area contributed by atoms with Crippen molar-refractivity contribution in [1.82, 2.24) is 9.88 Å². The molecule has 1 aromatic heterocycles. The molecule has 1 unspecified atom stereocenters. The Labute approximate surface area is 210 Å². The van der Waals surface area contributed by atoms with Crippen molar-refractivity contribution in [3.05, 3.63) is 90.0 Å². The maximum Gasteiger partial charge on any atom is 0.264 e. The molecule has 7 rings (SSSR count). The van der Waals surface area contributed by atoms with Gasteiger partial charge in [0.2, 0.25) is 5.70 Å². The van der Waals surface area contributed by atoms with Crippen LogP contribution < -0.4 is 5.84 Å². The Morgan fingerprint density at radius 2 is 1.75 bits per heavy atom. The summed E-state index contributed by atoms with van der Waals surface area (Å²) in [7, 11) is 0. The van der Waals surface area contributed by atoms with Gasteiger partial charge >= 0.3 is 0 Å². The molecule has 180 valence electrons. The highest BCUT2D eigenvalue weighted by atomic mass is 16.5. The van der Waals surface area contributed by atoms with Crippen LogP contribution in [-0.2, 0) is 4.74 Å². The van der Waals surface area contributed by atoms with Crippen LogP contribution in [0, 0.1) is 5.92 Å². The third-order valence-corrected chi connectivity index (χ3v) is 7.90. The SMILES string of the molecule is N[N+]12C=CN=CC1=C(C1CC(N3CCOCC3)C1)N=C2c1ccc2ccc(-c3ccccc3)nc2c1. The van der Waals surface area contributed by atoms with Crippen molar-refractivity contribution in [2.75, 3.05) is 26.3 Å². The molecule has 1 saturated heterocycles. The summed E-state index contributed by atoms with van der Waals surface area (Å²) in [5, 5.41) is 1.09. The highest BCUT2D eigenvalue weighted by Gasteiger charge is 2.48. The molecule has 1 saturated carbocycles. The van der Waals surface area contributed by atoms with Gasteiger partial charge in [-0.3, -0.25) is 9.89 Å². The molecule has 2 N–H and O–H groups in total. The zero-order valence-corrected chi connectivity index (χ0v) is 20.1. The molecule has 4 heterocycles. The van der Waals surface area contributed by atoms with Crippen LogP contribution in [0.25, 0.3) is 22.2 Å². The van der Waals surface area contributed by atoms with E-state index in [1.54, 1.807) is 6.20 Å². The smallest absolute Gasteiger partial charge is 0.264 e. The van der Waals surface area contributed by atoms with E-state index in [-0.39, 0.29) is 4.59 Å². The summed E-state index contributed by atoms with van der Waals surface area (Å²) in [6.07, 6.45) is 7.80. The van der Waals surface area contributed by atoms with E-state index >= 15 is 0 Å². The van der Waals surface area contributed by atoms with Crippen molar-refractivity contribution in [2.24, 2.45) is 21.7 Å². The van der Waals surface area contributed by atoms with Crippen LogP contribution in [0.1, 0.15) is 18.4 Å². The highest BCUT2D eigenvalue weighted by molar-refractivity contribution is 6.02. The number of allylic oxidation sites excluding steroid dienone is 2. The average Bonchev–Trinajstić information content (AvgIpc) is 3.21. The largest absolute Gasteiger partial charge is 0.379 e. The van der Waals surface area contributed by atoms with Gasteiger partial charge in [0, 0.05) is 36.0 Å². The quantitative estimate of drug-likeness (QED) is 0.451. The Morgan fingerprint density at radius 1 is 0.944 bits per heavy atom. The number of pyridine rings is 1. The fourth-order valence-corrected chi connectivity index (χ4v) is 5.78. The van der Waals surface area contributed by atoms with Gasteiger partial charge in [-0.2, -0.15) is 10.8 Å². The summed E-state index contributed by atoms with van der Waals surface area (Å²) in [5.74, 6) is 8.23. The van der Waals surface area contributed by atoms with Gasteiger partial charge in [-0.25, -0.2) is 4.98 Å². The van der Waals surface area contributed by atoms with Gasteiger partial charge in [-0.05, 0) is 31.0 Å². The van der Waals surface area contributed by atoms with Crippen LogP contribution in [0.15, 0.2) is 94.4 Å². The van der Waals surface area contributed by atoms with E-state index in [9.17, 15) is 0 Å². The first-order chi connectivity index (χ1) is 17.7. The number of fused-ring (bicyclic) bond motifs is 2. The van der Waals surface area contributed by atoms with E-state index < -0.39 is 0 Å². The lowest BCUT2D eigenvalue weighted by molar-refractivity contribution is -0.750. The predicted octanol–water partition coefficient (Wildman–Crippen LogP) is 4.23. The minimum atomic E-state index is 0.0570. The zero-order chi connectivity index (χ0) is 24.1. The summed E-state index contributed by atoms with van der Waals surface area (Å²) < 4.78 is 5.59. The highest BCUT2D eigenvalue weighted by Crippen LogP contribution is 2.44. The molecule has 7 heteroatoms. The summed E-state index contributed by atoms with van der Waals surface area (Å²) in [6, 6.07) is 21.4. The Hall–Kier alpha value is -3.49. The van der Waals surface area contributed by atoms with Crippen LogP contribution in [0.2, 0.25) is 0 Å². The molecule has 0 amide bonds. The molecule has 0 radical (unpaired) electrons. The molecule has 4 aliphatic rings. The third kappa shape index (κ3) is 3.55. The summed E-state index contributed by atoms with van der Waals surface area (Å²) in [6.45, 7) is 3.71. The maximum atomic E-state index is 7.01. The van der Waals surface area contributed by atoms with E-state index in [0.29, 0.717) is 12.0 Å². The summed E-state index contributed by atoms with van der Waals surface area (Å²) in [4.78, 5) is 17.1. The maximum absolute atomic E-state index is 7.01. The molecule has 3 aromatic rings. The Balaban J connectivity index is 1.22. The monoisotopic (exact) mass is 477 g/mol. The first-order valence-electron chi connectivity index (χ1n) is 12.7. The fraction of sp³-hybridized carbons (Fsp3) is 0.276. The molecule has 2 fully saturated rings. The van der Waals surface area contributed by atoms with Gasteiger partial charge in [0.15, 0.2) is 0 Å². The molecular formula is C29H29N6O+. The first kappa shape index (κ1) is 21.8. The number of rotatable bonds is 4. The number of ether oxygens (including phenoxy) is 1. The van der Waals surface area contributed by atoms with Gasteiger partial charge in [-0.1, -0.05) is 42.5 Å². The number of amidine groups is 1. The normalized spacial score (nSPS) is 27.8. The van der Waals surface area contributed by atoms with Crippen LogP contribution in [0.5, 0.6) is 0 Å². The van der Waals surface area contributed by atoms with E-state index in [4.69, 9.17) is 20.6 Å². The van der Waals surface area contributed by atoms with Crippen molar-refractivity contribution < 1.29 is 9.33 Å². The van der Waals surface area contributed by atoms with Gasteiger partial charge in [-0.15, -0.1) is 4.59 Å². The van der Waals surface area contributed by atoms with Crippen LogP contribution >= 0.6 is 0 Å². The number of hydrogen-bond donors (Lipinski definition) is 1. The van der Waals surface area contributed by atoms with Crippen molar-refractivity contribution in [1.29, 1.82) is 0 Å². The second kappa shape index (κ2) is 8.57. The molecule has 3 aliphatic heterocycles. The average molecular weight is 478 g/mol. The van der Waals surface area contributed by atoms with Crippen molar-refractivity contribution >= 4 is 23.0 Å². The second-order valence-electron chi connectivity index (χ2n) is 10.00. The standard InChI is InChI=1S/C29H29N6O/c30-35-13-10-31-19-27(35)28(23-16-24(17-23)34-11-14-36-15-12-34)33-29(35)22-7-6-21-8-9-25(32-26(21)18-22)20-4-2-1-3-5-20/h1-10,13,18-19,23-24H,11-12,14-17,30H2/q+1. The molecule has 1 aliphatic carbocycles. The Bertz CT molecular complexity index is 1450. The molecule has 0 bridgehead atoms. The van der Waals surface area contributed by atoms with Crippen molar-refractivity contribution in [2.45, 2.75) is 18.9 Å². The van der Waals surface area contributed by atoms with Crippen LogP contribution in [-0.4, -0.2) is 58.9 Å². The lowest BCUT2D eigenvalue weighted by Crippen LogP contribution is -2.53. The Morgan fingerprint density at radius 3 is 2.58 bits per heavy atom. The minimum absolute atomic E-state index is 0.0570. The summed E-state index contributed by atoms with van der Waals surface area (Å²) >= 11 is 0. The van der Waals surface area contributed by atoms with Crippen LogP contribution in [0.4, 0.5) is 0 Å².